The lowest BCUT2D eigenvalue weighted by atomic mass is 9.94. The Morgan fingerprint density at radius 2 is 1.35 bits per heavy atom. The summed E-state index contributed by atoms with van der Waals surface area (Å²) >= 11 is 0. The van der Waals surface area contributed by atoms with Crippen LogP contribution in [-0.2, 0) is 0 Å². The molecule has 0 heterocycles. The Morgan fingerprint density at radius 1 is 0.800 bits per heavy atom. The molecule has 0 aliphatic heterocycles. The van der Waals surface area contributed by atoms with Crippen LogP contribution in [0.3, 0.4) is 0 Å². The fourth-order valence-electron chi connectivity index (χ4n) is 2.40. The molecule has 3 N–H and O–H groups in total. The van der Waals surface area contributed by atoms with Gasteiger partial charge in [-0.15, -0.1) is 0 Å². The average molecular weight is 268 g/mol. The summed E-state index contributed by atoms with van der Waals surface area (Å²) in [6.07, 6.45) is 0. The fourth-order valence-corrected chi connectivity index (χ4v) is 2.40. The van der Waals surface area contributed by atoms with Crippen LogP contribution in [0, 0.1) is 13.8 Å². The molecule has 106 valence electrons. The quantitative estimate of drug-likeness (QED) is 0.650. The van der Waals surface area contributed by atoms with Gasteiger partial charge in [-0.25, -0.2) is 5.43 Å². The summed E-state index contributed by atoms with van der Waals surface area (Å²) in [7, 11) is 0. The number of hydrazine groups is 1. The highest BCUT2D eigenvalue weighted by Gasteiger charge is 2.13. The van der Waals surface area contributed by atoms with Crippen LogP contribution in [-0.4, -0.2) is 0 Å². The molecule has 1 unspecified atom stereocenters. The molecule has 2 nitrogen and oxygen atoms in total. The second-order valence-corrected chi connectivity index (χ2v) is 5.76. The van der Waals surface area contributed by atoms with Crippen molar-refractivity contribution in [3.8, 4) is 0 Å². The van der Waals surface area contributed by atoms with E-state index in [4.69, 9.17) is 5.84 Å². The van der Waals surface area contributed by atoms with Crippen LogP contribution in [0.2, 0.25) is 0 Å². The number of benzene rings is 2. The van der Waals surface area contributed by atoms with E-state index in [1.807, 2.05) is 0 Å². The third-order valence-corrected chi connectivity index (χ3v) is 3.97. The molecule has 0 saturated carbocycles. The third-order valence-electron chi connectivity index (χ3n) is 3.97. The number of aryl methyl sites for hydroxylation is 2. The summed E-state index contributed by atoms with van der Waals surface area (Å²) in [6, 6.07) is 15.2. The van der Waals surface area contributed by atoms with E-state index in [1.165, 1.54) is 27.8 Å². The standard InChI is InChI=1S/C18H24N2/c1-12(2)15-7-9-16(10-8-15)18(20-19)17-6-5-13(3)14(4)11-17/h5-12,18,20H,19H2,1-4H3. The molecule has 2 rings (SSSR count). The van der Waals surface area contributed by atoms with Gasteiger partial charge in [0.25, 0.3) is 0 Å². The van der Waals surface area contributed by atoms with Crippen molar-refractivity contribution < 1.29 is 0 Å². The molecule has 2 heteroatoms. The molecule has 2 aromatic carbocycles. The van der Waals surface area contributed by atoms with Crippen molar-refractivity contribution >= 4 is 0 Å². The molecule has 0 aromatic heterocycles. The second kappa shape index (κ2) is 6.21. The number of hydrogen-bond donors (Lipinski definition) is 2. The largest absolute Gasteiger partial charge is 0.271 e. The van der Waals surface area contributed by atoms with Crippen LogP contribution >= 0.6 is 0 Å². The van der Waals surface area contributed by atoms with Crippen molar-refractivity contribution in [3.05, 3.63) is 70.3 Å². The van der Waals surface area contributed by atoms with E-state index in [1.54, 1.807) is 0 Å². The van der Waals surface area contributed by atoms with Crippen LogP contribution in [0.15, 0.2) is 42.5 Å². The Kier molecular flexibility index (Phi) is 4.58. The van der Waals surface area contributed by atoms with Gasteiger partial charge in [0.1, 0.15) is 0 Å². The Balaban J connectivity index is 2.33. The predicted molar refractivity (Wildman–Crippen MR) is 85.6 cm³/mol. The van der Waals surface area contributed by atoms with Crippen LogP contribution in [0.25, 0.3) is 0 Å². The molecule has 0 radical (unpaired) electrons. The van der Waals surface area contributed by atoms with Crippen LogP contribution in [0.4, 0.5) is 0 Å². The minimum absolute atomic E-state index is 0.0375. The van der Waals surface area contributed by atoms with Gasteiger partial charge in [0.05, 0.1) is 6.04 Å². The molecular weight excluding hydrogens is 244 g/mol. The van der Waals surface area contributed by atoms with Crippen molar-refractivity contribution in [2.45, 2.75) is 39.7 Å². The van der Waals surface area contributed by atoms with Crippen molar-refractivity contribution in [1.29, 1.82) is 0 Å². The van der Waals surface area contributed by atoms with E-state index >= 15 is 0 Å². The van der Waals surface area contributed by atoms with Crippen molar-refractivity contribution in [2.75, 3.05) is 0 Å². The van der Waals surface area contributed by atoms with Crippen LogP contribution < -0.4 is 11.3 Å². The zero-order valence-electron chi connectivity index (χ0n) is 12.8. The molecule has 1 atom stereocenters. The van der Waals surface area contributed by atoms with Gasteiger partial charge < -0.3 is 0 Å². The topological polar surface area (TPSA) is 38.0 Å². The summed E-state index contributed by atoms with van der Waals surface area (Å²) in [4.78, 5) is 0. The van der Waals surface area contributed by atoms with Crippen molar-refractivity contribution in [3.63, 3.8) is 0 Å². The first-order chi connectivity index (χ1) is 9.52. The highest BCUT2D eigenvalue weighted by molar-refractivity contribution is 5.38. The predicted octanol–water partition coefficient (Wildman–Crippen LogP) is 3.98. The monoisotopic (exact) mass is 268 g/mol. The fraction of sp³-hybridized carbons (Fsp3) is 0.333. The van der Waals surface area contributed by atoms with Gasteiger partial charge in [-0.05, 0) is 47.6 Å². The zero-order valence-corrected chi connectivity index (χ0v) is 12.8. The summed E-state index contributed by atoms with van der Waals surface area (Å²) in [5.41, 5.74) is 9.28. The average Bonchev–Trinajstić information content (AvgIpc) is 2.44. The molecule has 2 aromatic rings. The smallest absolute Gasteiger partial charge is 0.0710 e. The summed E-state index contributed by atoms with van der Waals surface area (Å²) < 4.78 is 0. The second-order valence-electron chi connectivity index (χ2n) is 5.76. The third kappa shape index (κ3) is 3.09. The molecule has 0 spiro atoms. The van der Waals surface area contributed by atoms with Gasteiger partial charge in [-0.3, -0.25) is 5.84 Å². The van der Waals surface area contributed by atoms with Gasteiger partial charge >= 0.3 is 0 Å². The maximum absolute atomic E-state index is 5.77. The minimum Gasteiger partial charge on any atom is -0.271 e. The summed E-state index contributed by atoms with van der Waals surface area (Å²) in [5, 5.41) is 0. The van der Waals surface area contributed by atoms with E-state index in [0.717, 1.165) is 0 Å². The summed E-state index contributed by atoms with van der Waals surface area (Å²) in [5.74, 6) is 6.32. The van der Waals surface area contributed by atoms with Gasteiger partial charge in [-0.2, -0.15) is 0 Å². The van der Waals surface area contributed by atoms with E-state index < -0.39 is 0 Å². The van der Waals surface area contributed by atoms with E-state index in [9.17, 15) is 0 Å². The first kappa shape index (κ1) is 14.8. The molecule has 20 heavy (non-hydrogen) atoms. The minimum atomic E-state index is 0.0375. The lowest BCUT2D eigenvalue weighted by Gasteiger charge is -2.19. The maximum atomic E-state index is 5.77. The molecule has 0 fully saturated rings. The maximum Gasteiger partial charge on any atom is 0.0710 e. The Labute approximate surface area is 122 Å². The van der Waals surface area contributed by atoms with Crippen LogP contribution in [0.5, 0.6) is 0 Å². The van der Waals surface area contributed by atoms with Gasteiger partial charge in [0.15, 0.2) is 0 Å². The van der Waals surface area contributed by atoms with E-state index in [2.05, 4.69) is 75.6 Å². The number of nitrogens with one attached hydrogen (secondary N) is 1. The number of nitrogens with two attached hydrogens (primary N) is 1. The molecule has 0 aliphatic rings. The summed E-state index contributed by atoms with van der Waals surface area (Å²) in [6.45, 7) is 8.67. The lowest BCUT2D eigenvalue weighted by molar-refractivity contribution is 0.636. The number of hydrogen-bond acceptors (Lipinski definition) is 2. The Bertz CT molecular complexity index is 570. The zero-order chi connectivity index (χ0) is 14.7. The Hall–Kier alpha value is -1.64. The van der Waals surface area contributed by atoms with E-state index in [0.29, 0.717) is 5.92 Å². The molecular formula is C18H24N2. The molecule has 0 bridgehead atoms. The molecule has 0 amide bonds. The van der Waals surface area contributed by atoms with E-state index in [-0.39, 0.29) is 6.04 Å². The number of rotatable bonds is 4. The highest BCUT2D eigenvalue weighted by atomic mass is 15.2. The first-order valence-corrected chi connectivity index (χ1v) is 7.16. The van der Waals surface area contributed by atoms with Crippen molar-refractivity contribution in [2.24, 2.45) is 5.84 Å². The molecule has 0 saturated heterocycles. The normalized spacial score (nSPS) is 12.7. The SMILES string of the molecule is Cc1ccc(C(NN)c2ccc(C(C)C)cc2)cc1C. The van der Waals surface area contributed by atoms with Crippen molar-refractivity contribution in [1.82, 2.24) is 5.43 Å². The van der Waals surface area contributed by atoms with Gasteiger partial charge in [0.2, 0.25) is 0 Å². The Morgan fingerprint density at radius 3 is 1.85 bits per heavy atom. The van der Waals surface area contributed by atoms with Gasteiger partial charge in [-0.1, -0.05) is 56.3 Å². The highest BCUT2D eigenvalue weighted by Crippen LogP contribution is 2.25. The van der Waals surface area contributed by atoms with Gasteiger partial charge in [0, 0.05) is 0 Å². The molecule has 0 aliphatic carbocycles. The first-order valence-electron chi connectivity index (χ1n) is 7.16. The van der Waals surface area contributed by atoms with Crippen LogP contribution in [0.1, 0.15) is 53.6 Å². The lowest BCUT2D eigenvalue weighted by Crippen LogP contribution is -2.28.